The Morgan fingerprint density at radius 3 is 2.00 bits per heavy atom. The van der Waals surface area contributed by atoms with Crippen LogP contribution < -0.4 is 5.73 Å². The third-order valence-corrected chi connectivity index (χ3v) is 3.45. The zero-order valence-corrected chi connectivity index (χ0v) is 11.6. The van der Waals surface area contributed by atoms with Crippen LogP contribution in [0, 0.1) is 5.92 Å². The summed E-state index contributed by atoms with van der Waals surface area (Å²) in [5.41, 5.74) is 6.01. The lowest BCUT2D eigenvalue weighted by Gasteiger charge is -2.20. The molecule has 2 unspecified atom stereocenters. The van der Waals surface area contributed by atoms with Gasteiger partial charge in [-0.05, 0) is 12.3 Å². The molecule has 0 heterocycles. The average molecular weight is 245 g/mol. The minimum Gasteiger partial charge on any atom is -0.368 e. The van der Waals surface area contributed by atoms with E-state index in [9.17, 15) is 0 Å². The van der Waals surface area contributed by atoms with Crippen LogP contribution in [0.25, 0.3) is 0 Å². The number of rotatable bonds is 11. The second-order valence-corrected chi connectivity index (χ2v) is 5.27. The quantitative estimate of drug-likeness (QED) is 0.387. The maximum atomic E-state index is 8.86. The van der Waals surface area contributed by atoms with Crippen LogP contribution in [0.4, 0.5) is 0 Å². The van der Waals surface area contributed by atoms with Crippen molar-refractivity contribution in [2.24, 2.45) is 11.7 Å². The molecule has 0 aromatic carbocycles. The highest BCUT2D eigenvalue weighted by Crippen LogP contribution is 2.15. The molecule has 0 radical (unpaired) electrons. The fourth-order valence-corrected chi connectivity index (χ4v) is 2.13. The van der Waals surface area contributed by atoms with Gasteiger partial charge in [0.25, 0.3) is 0 Å². The van der Waals surface area contributed by atoms with Gasteiger partial charge in [0.1, 0.15) is 0 Å². The number of nitrogens with two attached hydrogens (primary N) is 1. The Balaban J connectivity index is 3.35. The third kappa shape index (κ3) is 10.7. The molecule has 0 spiro atoms. The van der Waals surface area contributed by atoms with Gasteiger partial charge in [-0.3, -0.25) is 0 Å². The van der Waals surface area contributed by atoms with Gasteiger partial charge in [-0.25, -0.2) is 0 Å². The van der Waals surface area contributed by atoms with E-state index < -0.39 is 6.29 Å². The van der Waals surface area contributed by atoms with Crippen molar-refractivity contribution in [3.63, 3.8) is 0 Å². The number of hydrogen-bond acceptors (Lipinski definition) is 3. The molecule has 0 bridgehead atoms. The van der Waals surface area contributed by atoms with E-state index in [0.29, 0.717) is 6.42 Å². The largest absolute Gasteiger partial charge is 0.368 e. The average Bonchev–Trinajstić information content (AvgIpc) is 2.26. The van der Waals surface area contributed by atoms with Crippen molar-refractivity contribution >= 4 is 0 Å². The molecule has 0 rings (SSSR count). The van der Waals surface area contributed by atoms with Crippen molar-refractivity contribution in [1.82, 2.24) is 0 Å². The van der Waals surface area contributed by atoms with E-state index in [2.05, 4.69) is 6.92 Å². The molecule has 0 aromatic rings. The monoisotopic (exact) mass is 245 g/mol. The van der Waals surface area contributed by atoms with Crippen LogP contribution in [0.15, 0.2) is 0 Å². The SMILES string of the molecule is CCCCCCCCCC(N)C(C)CC(O)O. The molecule has 0 aromatic heterocycles. The van der Waals surface area contributed by atoms with Gasteiger partial charge in [-0.1, -0.05) is 58.8 Å². The Labute approximate surface area is 106 Å². The summed E-state index contributed by atoms with van der Waals surface area (Å²) in [6.07, 6.45) is 9.25. The fraction of sp³-hybridized carbons (Fsp3) is 1.00. The first-order valence-electron chi connectivity index (χ1n) is 7.19. The molecule has 0 amide bonds. The Hall–Kier alpha value is -0.120. The Bertz CT molecular complexity index is 162. The fourth-order valence-electron chi connectivity index (χ4n) is 2.13. The topological polar surface area (TPSA) is 66.5 Å². The highest BCUT2D eigenvalue weighted by molar-refractivity contribution is 4.69. The summed E-state index contributed by atoms with van der Waals surface area (Å²) in [5, 5.41) is 17.7. The molecular weight excluding hydrogens is 214 g/mol. The minimum atomic E-state index is -1.22. The summed E-state index contributed by atoms with van der Waals surface area (Å²) >= 11 is 0. The van der Waals surface area contributed by atoms with Crippen molar-refractivity contribution in [2.75, 3.05) is 0 Å². The molecule has 0 fully saturated rings. The number of aliphatic hydroxyl groups excluding tert-OH is 1. The molecule has 104 valence electrons. The Morgan fingerprint density at radius 1 is 0.941 bits per heavy atom. The summed E-state index contributed by atoms with van der Waals surface area (Å²) in [6, 6.07) is 0.104. The summed E-state index contributed by atoms with van der Waals surface area (Å²) in [6.45, 7) is 4.22. The van der Waals surface area contributed by atoms with Crippen LogP contribution in [0.3, 0.4) is 0 Å². The molecule has 0 aliphatic rings. The summed E-state index contributed by atoms with van der Waals surface area (Å²) in [4.78, 5) is 0. The van der Waals surface area contributed by atoms with Gasteiger partial charge in [-0.2, -0.15) is 0 Å². The van der Waals surface area contributed by atoms with Gasteiger partial charge < -0.3 is 15.9 Å². The summed E-state index contributed by atoms with van der Waals surface area (Å²) in [5.74, 6) is 0.190. The van der Waals surface area contributed by atoms with Crippen LogP contribution >= 0.6 is 0 Å². The maximum Gasteiger partial charge on any atom is 0.151 e. The van der Waals surface area contributed by atoms with Gasteiger partial charge in [0.2, 0.25) is 0 Å². The normalized spacial score (nSPS) is 15.2. The molecule has 4 N–H and O–H groups in total. The maximum absolute atomic E-state index is 8.86. The summed E-state index contributed by atoms with van der Waals surface area (Å²) in [7, 11) is 0. The standard InChI is InChI=1S/C14H31NO2/c1-3-4-5-6-7-8-9-10-13(15)12(2)11-14(16)17/h12-14,16-17H,3-11,15H2,1-2H3. The van der Waals surface area contributed by atoms with Crippen LogP contribution in [0.1, 0.15) is 71.6 Å². The molecule has 0 saturated carbocycles. The van der Waals surface area contributed by atoms with Crippen LogP contribution in [0.2, 0.25) is 0 Å². The van der Waals surface area contributed by atoms with Crippen LogP contribution in [0.5, 0.6) is 0 Å². The number of aliphatic hydroxyl groups is 2. The lowest BCUT2D eigenvalue weighted by Crippen LogP contribution is -2.30. The summed E-state index contributed by atoms with van der Waals surface area (Å²) < 4.78 is 0. The van der Waals surface area contributed by atoms with E-state index >= 15 is 0 Å². The van der Waals surface area contributed by atoms with Crippen LogP contribution in [-0.2, 0) is 0 Å². The van der Waals surface area contributed by atoms with E-state index in [4.69, 9.17) is 15.9 Å². The smallest absolute Gasteiger partial charge is 0.151 e. The zero-order valence-electron chi connectivity index (χ0n) is 11.6. The number of hydrogen-bond donors (Lipinski definition) is 3. The molecule has 0 saturated heterocycles. The number of unbranched alkanes of at least 4 members (excludes halogenated alkanes) is 6. The molecular formula is C14H31NO2. The second kappa shape index (κ2) is 11.0. The van der Waals surface area contributed by atoms with Crippen molar-refractivity contribution in [3.8, 4) is 0 Å². The highest BCUT2D eigenvalue weighted by Gasteiger charge is 2.14. The van der Waals surface area contributed by atoms with Gasteiger partial charge in [0, 0.05) is 12.5 Å². The van der Waals surface area contributed by atoms with E-state index in [-0.39, 0.29) is 12.0 Å². The van der Waals surface area contributed by atoms with Crippen molar-refractivity contribution in [1.29, 1.82) is 0 Å². The Morgan fingerprint density at radius 2 is 1.47 bits per heavy atom. The second-order valence-electron chi connectivity index (χ2n) is 5.27. The van der Waals surface area contributed by atoms with Crippen molar-refractivity contribution < 1.29 is 10.2 Å². The van der Waals surface area contributed by atoms with Gasteiger partial charge in [0.15, 0.2) is 6.29 Å². The van der Waals surface area contributed by atoms with E-state index in [1.807, 2.05) is 6.92 Å². The van der Waals surface area contributed by atoms with Gasteiger partial charge in [-0.15, -0.1) is 0 Å². The van der Waals surface area contributed by atoms with Crippen LogP contribution in [-0.4, -0.2) is 22.5 Å². The highest BCUT2D eigenvalue weighted by atomic mass is 16.5. The lowest BCUT2D eigenvalue weighted by molar-refractivity contribution is -0.0566. The van der Waals surface area contributed by atoms with E-state index in [0.717, 1.165) is 6.42 Å². The zero-order chi connectivity index (χ0) is 13.1. The van der Waals surface area contributed by atoms with Gasteiger partial charge >= 0.3 is 0 Å². The van der Waals surface area contributed by atoms with Gasteiger partial charge in [0.05, 0.1) is 0 Å². The molecule has 17 heavy (non-hydrogen) atoms. The van der Waals surface area contributed by atoms with E-state index in [1.54, 1.807) is 0 Å². The molecule has 2 atom stereocenters. The van der Waals surface area contributed by atoms with E-state index in [1.165, 1.54) is 44.9 Å². The predicted octanol–water partition coefficient (Wildman–Crippen LogP) is 2.79. The first kappa shape index (κ1) is 16.9. The molecule has 3 heteroatoms. The minimum absolute atomic E-state index is 0.104. The Kier molecular flexibility index (Phi) is 10.9. The predicted molar refractivity (Wildman–Crippen MR) is 72.6 cm³/mol. The first-order chi connectivity index (χ1) is 8.07. The third-order valence-electron chi connectivity index (χ3n) is 3.45. The molecule has 3 nitrogen and oxygen atoms in total. The lowest BCUT2D eigenvalue weighted by atomic mass is 9.94. The first-order valence-corrected chi connectivity index (χ1v) is 7.19. The molecule has 0 aliphatic heterocycles. The van der Waals surface area contributed by atoms with Crippen molar-refractivity contribution in [2.45, 2.75) is 84.0 Å². The molecule has 0 aliphatic carbocycles. The van der Waals surface area contributed by atoms with Crippen molar-refractivity contribution in [3.05, 3.63) is 0 Å².